The van der Waals surface area contributed by atoms with E-state index in [1.807, 2.05) is 36.5 Å². The maximum absolute atomic E-state index is 11.8. The first-order chi connectivity index (χ1) is 16.7. The molecule has 186 valence electrons. The Labute approximate surface area is 210 Å². The molecule has 35 heavy (non-hydrogen) atoms. The zero-order chi connectivity index (χ0) is 24.7. The van der Waals surface area contributed by atoms with Gasteiger partial charge in [-0.2, -0.15) is 5.10 Å². The van der Waals surface area contributed by atoms with Crippen LogP contribution in [-0.4, -0.2) is 65.6 Å². The summed E-state index contributed by atoms with van der Waals surface area (Å²) in [6.07, 6.45) is 5.66. The van der Waals surface area contributed by atoms with E-state index in [-0.39, 0.29) is 11.9 Å². The molecule has 1 fully saturated rings. The number of ether oxygens (including phenoxy) is 1. The van der Waals surface area contributed by atoms with Crippen LogP contribution in [0.25, 0.3) is 22.9 Å². The van der Waals surface area contributed by atoms with Crippen molar-refractivity contribution >= 4 is 17.7 Å². The third-order valence-corrected chi connectivity index (χ3v) is 8.32. The lowest BCUT2D eigenvalue weighted by Crippen LogP contribution is -2.56. The third-order valence-electron chi connectivity index (χ3n) is 6.99. The van der Waals surface area contributed by atoms with Crippen LogP contribution in [0.2, 0.25) is 0 Å². The monoisotopic (exact) mass is 495 g/mol. The van der Waals surface area contributed by atoms with Gasteiger partial charge in [0.15, 0.2) is 5.82 Å². The molecule has 2 aliphatic rings. The first-order valence-electron chi connectivity index (χ1n) is 12.2. The molecule has 1 amide bonds. The zero-order valence-electron chi connectivity index (χ0n) is 20.8. The summed E-state index contributed by atoms with van der Waals surface area (Å²) in [6, 6.07) is 6.59. The number of rotatable bonds is 6. The van der Waals surface area contributed by atoms with Crippen molar-refractivity contribution < 1.29 is 9.53 Å². The summed E-state index contributed by atoms with van der Waals surface area (Å²) in [5, 5.41) is 4.86. The Bertz CT molecular complexity index is 1220. The van der Waals surface area contributed by atoms with E-state index in [1.54, 1.807) is 6.33 Å². The fourth-order valence-electron chi connectivity index (χ4n) is 4.74. The van der Waals surface area contributed by atoms with Gasteiger partial charge >= 0.3 is 0 Å². The second-order valence-electron chi connectivity index (χ2n) is 10.00. The highest BCUT2D eigenvalue weighted by molar-refractivity contribution is 8.00. The van der Waals surface area contributed by atoms with Crippen LogP contribution in [0, 0.1) is 0 Å². The molecule has 4 heterocycles. The van der Waals surface area contributed by atoms with Crippen LogP contribution < -0.4 is 10.5 Å². The fraction of sp³-hybridized carbons (Fsp3) is 0.520. The van der Waals surface area contributed by atoms with Crippen LogP contribution in [0.3, 0.4) is 0 Å². The predicted molar refractivity (Wildman–Crippen MR) is 136 cm³/mol. The SMILES string of the molecule is CC(C)n1ncnc1-c1cn2c(n1)-c1cc(SC3CCN(C(C)(C)C(N)=O)CC3)ccc1OCC2. The number of amides is 1. The van der Waals surface area contributed by atoms with Gasteiger partial charge in [0, 0.05) is 35.5 Å². The van der Waals surface area contributed by atoms with E-state index in [0.717, 1.165) is 61.1 Å². The largest absolute Gasteiger partial charge is 0.491 e. The Kier molecular flexibility index (Phi) is 6.35. The topological polar surface area (TPSA) is 104 Å². The highest BCUT2D eigenvalue weighted by Gasteiger charge is 2.35. The van der Waals surface area contributed by atoms with Gasteiger partial charge in [-0.1, -0.05) is 0 Å². The average molecular weight is 496 g/mol. The molecule has 2 aromatic heterocycles. The number of piperidine rings is 1. The second-order valence-corrected chi connectivity index (χ2v) is 11.4. The van der Waals surface area contributed by atoms with E-state index in [9.17, 15) is 4.79 Å². The molecule has 2 aliphatic heterocycles. The normalized spacial score (nSPS) is 17.1. The van der Waals surface area contributed by atoms with Crippen LogP contribution in [0.5, 0.6) is 5.75 Å². The van der Waals surface area contributed by atoms with E-state index in [2.05, 4.69) is 51.6 Å². The summed E-state index contributed by atoms with van der Waals surface area (Å²) in [6.45, 7) is 11.1. The molecule has 0 bridgehead atoms. The Morgan fingerprint density at radius 1 is 1.20 bits per heavy atom. The summed E-state index contributed by atoms with van der Waals surface area (Å²) in [5.74, 6) is 2.26. The number of fused-ring (bicyclic) bond motifs is 3. The van der Waals surface area contributed by atoms with Crippen LogP contribution in [-0.2, 0) is 11.3 Å². The lowest BCUT2D eigenvalue weighted by Gasteiger charge is -2.40. The third kappa shape index (κ3) is 4.56. The molecular formula is C25H33N7O2S. The van der Waals surface area contributed by atoms with Crippen LogP contribution in [0.1, 0.15) is 46.6 Å². The number of carbonyl (C=O) groups is 1. The van der Waals surface area contributed by atoms with Gasteiger partial charge < -0.3 is 15.0 Å². The highest BCUT2D eigenvalue weighted by Crippen LogP contribution is 2.39. The van der Waals surface area contributed by atoms with Gasteiger partial charge in [-0.25, -0.2) is 14.6 Å². The van der Waals surface area contributed by atoms with Crippen molar-refractivity contribution in [3.63, 3.8) is 0 Å². The average Bonchev–Trinajstić information content (AvgIpc) is 3.44. The van der Waals surface area contributed by atoms with Crippen LogP contribution in [0.15, 0.2) is 35.6 Å². The van der Waals surface area contributed by atoms with Gasteiger partial charge in [-0.3, -0.25) is 9.69 Å². The van der Waals surface area contributed by atoms with Crippen molar-refractivity contribution in [2.45, 2.75) is 68.8 Å². The molecule has 0 atom stereocenters. The number of aromatic nitrogens is 5. The molecule has 2 N–H and O–H groups in total. The Balaban J connectivity index is 1.37. The van der Waals surface area contributed by atoms with Crippen molar-refractivity contribution in [3.05, 3.63) is 30.7 Å². The minimum Gasteiger partial charge on any atom is -0.491 e. The summed E-state index contributed by atoms with van der Waals surface area (Å²) in [7, 11) is 0. The lowest BCUT2D eigenvalue weighted by molar-refractivity contribution is -0.128. The second kappa shape index (κ2) is 9.31. The van der Waals surface area contributed by atoms with E-state index in [4.69, 9.17) is 15.5 Å². The Hall–Kier alpha value is -2.85. The summed E-state index contributed by atoms with van der Waals surface area (Å²) in [5.41, 5.74) is 6.83. The van der Waals surface area contributed by atoms with Gasteiger partial charge in [-0.05, 0) is 58.7 Å². The molecule has 5 rings (SSSR count). The minimum absolute atomic E-state index is 0.201. The van der Waals surface area contributed by atoms with Crippen molar-refractivity contribution in [1.82, 2.24) is 29.2 Å². The number of nitrogens with two attached hydrogens (primary N) is 1. The van der Waals surface area contributed by atoms with Crippen molar-refractivity contribution in [2.24, 2.45) is 5.73 Å². The molecule has 1 aromatic carbocycles. The molecule has 1 saturated heterocycles. The number of imidazole rings is 1. The van der Waals surface area contributed by atoms with E-state index in [1.165, 1.54) is 4.90 Å². The first kappa shape index (κ1) is 23.9. The van der Waals surface area contributed by atoms with E-state index >= 15 is 0 Å². The number of benzene rings is 1. The van der Waals surface area contributed by atoms with Gasteiger partial charge in [-0.15, -0.1) is 11.8 Å². The summed E-state index contributed by atoms with van der Waals surface area (Å²) < 4.78 is 10.1. The maximum atomic E-state index is 11.8. The van der Waals surface area contributed by atoms with Crippen molar-refractivity contribution in [1.29, 1.82) is 0 Å². The number of carbonyl (C=O) groups excluding carboxylic acids is 1. The predicted octanol–water partition coefficient (Wildman–Crippen LogP) is 3.60. The molecule has 10 heteroatoms. The van der Waals surface area contributed by atoms with Gasteiger partial charge in [0.1, 0.15) is 30.2 Å². The smallest absolute Gasteiger partial charge is 0.237 e. The quantitative estimate of drug-likeness (QED) is 0.557. The molecule has 0 radical (unpaired) electrons. The standard InChI is InChI=1S/C25H33N7O2S/c1-16(2)32-23(27-15-28-32)20-14-30-11-12-34-21-6-5-18(13-19(21)22(30)29-20)35-17-7-9-31(10-8-17)25(3,4)24(26)33/h5-6,13-17H,7-12H2,1-4H3,(H2,26,33). The number of thioether (sulfide) groups is 1. The number of likely N-dealkylation sites (tertiary alicyclic amines) is 1. The zero-order valence-corrected chi connectivity index (χ0v) is 21.6. The lowest BCUT2D eigenvalue weighted by atomic mass is 9.98. The number of primary amides is 1. The first-order valence-corrected chi connectivity index (χ1v) is 13.1. The number of hydrogen-bond acceptors (Lipinski definition) is 7. The molecule has 0 unspecified atom stereocenters. The van der Waals surface area contributed by atoms with Gasteiger partial charge in [0.05, 0.1) is 17.6 Å². The van der Waals surface area contributed by atoms with Crippen LogP contribution in [0.4, 0.5) is 0 Å². The van der Waals surface area contributed by atoms with Crippen molar-refractivity contribution in [3.8, 4) is 28.7 Å². The Morgan fingerprint density at radius 2 is 1.97 bits per heavy atom. The molecule has 3 aromatic rings. The number of nitrogens with zero attached hydrogens (tertiary/aromatic N) is 6. The maximum Gasteiger partial charge on any atom is 0.237 e. The molecule has 0 aliphatic carbocycles. The van der Waals surface area contributed by atoms with E-state index in [0.29, 0.717) is 11.9 Å². The fourth-order valence-corrected chi connectivity index (χ4v) is 5.90. The van der Waals surface area contributed by atoms with Gasteiger partial charge in [0.2, 0.25) is 5.91 Å². The van der Waals surface area contributed by atoms with Crippen LogP contribution >= 0.6 is 11.8 Å². The van der Waals surface area contributed by atoms with Crippen molar-refractivity contribution in [2.75, 3.05) is 19.7 Å². The molecule has 0 spiro atoms. The molecule has 9 nitrogen and oxygen atoms in total. The Morgan fingerprint density at radius 3 is 2.69 bits per heavy atom. The number of hydrogen-bond donors (Lipinski definition) is 1. The van der Waals surface area contributed by atoms with E-state index < -0.39 is 5.54 Å². The molecular weight excluding hydrogens is 462 g/mol. The highest BCUT2D eigenvalue weighted by atomic mass is 32.2. The molecule has 0 saturated carbocycles. The summed E-state index contributed by atoms with van der Waals surface area (Å²) >= 11 is 1.89. The summed E-state index contributed by atoms with van der Waals surface area (Å²) in [4.78, 5) is 24.7. The van der Waals surface area contributed by atoms with Gasteiger partial charge in [0.25, 0.3) is 0 Å². The minimum atomic E-state index is -0.606.